The average molecular weight is 300 g/mol. The third-order valence-corrected chi connectivity index (χ3v) is 5.68. The molecule has 0 radical (unpaired) electrons. The van der Waals surface area contributed by atoms with E-state index in [0.29, 0.717) is 19.0 Å². The van der Waals surface area contributed by atoms with Crippen molar-refractivity contribution in [2.75, 3.05) is 13.1 Å². The van der Waals surface area contributed by atoms with Gasteiger partial charge in [-0.1, -0.05) is 13.3 Å². The highest BCUT2D eigenvalue weighted by molar-refractivity contribution is 7.89. The van der Waals surface area contributed by atoms with E-state index in [0.717, 1.165) is 19.3 Å². The molecule has 20 heavy (non-hydrogen) atoms. The number of hydrogen-bond acceptors (Lipinski definition) is 3. The summed E-state index contributed by atoms with van der Waals surface area (Å²) >= 11 is 0. The van der Waals surface area contributed by atoms with Crippen LogP contribution in [-0.2, 0) is 16.6 Å². The first-order valence-corrected chi connectivity index (χ1v) is 8.41. The monoisotopic (exact) mass is 300 g/mol. The van der Waals surface area contributed by atoms with Crippen LogP contribution in [0.5, 0.6) is 0 Å². The van der Waals surface area contributed by atoms with E-state index < -0.39 is 15.8 Å². The quantitative estimate of drug-likeness (QED) is 0.905. The molecule has 1 aliphatic rings. The topological polar surface area (TPSA) is 63.4 Å². The highest BCUT2D eigenvalue weighted by atomic mass is 32.2. The van der Waals surface area contributed by atoms with Crippen LogP contribution in [0.15, 0.2) is 23.1 Å². The van der Waals surface area contributed by atoms with Crippen LogP contribution in [0.4, 0.5) is 4.39 Å². The molecule has 1 aromatic carbocycles. The summed E-state index contributed by atoms with van der Waals surface area (Å²) in [6.07, 6.45) is 3.01. The van der Waals surface area contributed by atoms with E-state index in [1.54, 1.807) is 0 Å². The van der Waals surface area contributed by atoms with Crippen molar-refractivity contribution >= 4 is 10.0 Å². The van der Waals surface area contributed by atoms with Crippen LogP contribution in [-0.4, -0.2) is 25.8 Å². The molecule has 0 aliphatic carbocycles. The Morgan fingerprint density at radius 2 is 2.20 bits per heavy atom. The Morgan fingerprint density at radius 3 is 2.85 bits per heavy atom. The zero-order valence-electron chi connectivity index (χ0n) is 11.7. The van der Waals surface area contributed by atoms with Crippen LogP contribution in [0.2, 0.25) is 0 Å². The van der Waals surface area contributed by atoms with Gasteiger partial charge in [-0.2, -0.15) is 4.31 Å². The summed E-state index contributed by atoms with van der Waals surface area (Å²) in [6, 6.07) is 3.84. The van der Waals surface area contributed by atoms with Gasteiger partial charge in [0.15, 0.2) is 0 Å². The van der Waals surface area contributed by atoms with Crippen molar-refractivity contribution in [2.45, 2.75) is 37.6 Å². The maximum absolute atomic E-state index is 13.4. The molecule has 6 heteroatoms. The first-order chi connectivity index (χ1) is 9.48. The zero-order chi connectivity index (χ0) is 14.8. The number of halogens is 1. The number of benzene rings is 1. The van der Waals surface area contributed by atoms with Gasteiger partial charge in [-0.05, 0) is 37.0 Å². The summed E-state index contributed by atoms with van der Waals surface area (Å²) in [5.74, 6) is -0.0269. The summed E-state index contributed by atoms with van der Waals surface area (Å²) in [5.41, 5.74) is 5.66. The number of rotatable bonds is 5. The van der Waals surface area contributed by atoms with Crippen LogP contribution >= 0.6 is 0 Å². The van der Waals surface area contributed by atoms with Crippen molar-refractivity contribution in [1.82, 2.24) is 4.31 Å². The second-order valence-corrected chi connectivity index (χ2v) is 7.20. The summed E-state index contributed by atoms with van der Waals surface area (Å²) in [6.45, 7) is 3.20. The SMILES string of the molecule is CCCC1CCN(S(=O)(=O)c2ccc(F)c(CN)c2)C1. The minimum Gasteiger partial charge on any atom is -0.326 e. The van der Waals surface area contributed by atoms with Crippen LogP contribution < -0.4 is 5.73 Å². The van der Waals surface area contributed by atoms with E-state index in [4.69, 9.17) is 5.73 Å². The molecule has 1 heterocycles. The predicted octanol–water partition coefficient (Wildman–Crippen LogP) is 2.10. The molecule has 1 atom stereocenters. The number of hydrogen-bond donors (Lipinski definition) is 1. The molecule has 0 amide bonds. The van der Waals surface area contributed by atoms with Gasteiger partial charge in [-0.25, -0.2) is 12.8 Å². The van der Waals surface area contributed by atoms with Crippen LogP contribution in [0.3, 0.4) is 0 Å². The molecule has 0 spiro atoms. The minimum absolute atomic E-state index is 0.00630. The summed E-state index contributed by atoms with van der Waals surface area (Å²) in [7, 11) is -3.53. The van der Waals surface area contributed by atoms with Gasteiger partial charge >= 0.3 is 0 Å². The van der Waals surface area contributed by atoms with Crippen molar-refractivity contribution in [3.8, 4) is 0 Å². The zero-order valence-corrected chi connectivity index (χ0v) is 12.5. The largest absolute Gasteiger partial charge is 0.326 e. The molecule has 112 valence electrons. The predicted molar refractivity (Wildman–Crippen MR) is 76.1 cm³/mol. The lowest BCUT2D eigenvalue weighted by Gasteiger charge is -2.17. The van der Waals surface area contributed by atoms with Gasteiger partial charge in [0, 0.05) is 25.2 Å². The lowest BCUT2D eigenvalue weighted by Crippen LogP contribution is -2.29. The molecule has 0 saturated carbocycles. The van der Waals surface area contributed by atoms with Crippen molar-refractivity contribution in [2.24, 2.45) is 11.7 Å². The van der Waals surface area contributed by atoms with Crippen molar-refractivity contribution in [3.05, 3.63) is 29.6 Å². The number of nitrogens with two attached hydrogens (primary N) is 1. The van der Waals surface area contributed by atoms with Gasteiger partial charge in [0.2, 0.25) is 10.0 Å². The minimum atomic E-state index is -3.53. The molecule has 1 aromatic rings. The van der Waals surface area contributed by atoms with Gasteiger partial charge in [0.25, 0.3) is 0 Å². The van der Waals surface area contributed by atoms with E-state index >= 15 is 0 Å². The Labute approximate surface area is 119 Å². The van der Waals surface area contributed by atoms with Gasteiger partial charge in [0.1, 0.15) is 5.82 Å². The highest BCUT2D eigenvalue weighted by Crippen LogP contribution is 2.27. The van der Waals surface area contributed by atoms with Gasteiger partial charge < -0.3 is 5.73 Å². The van der Waals surface area contributed by atoms with Gasteiger partial charge in [-0.15, -0.1) is 0 Å². The molecule has 0 bridgehead atoms. The fraction of sp³-hybridized carbons (Fsp3) is 0.571. The first-order valence-electron chi connectivity index (χ1n) is 6.97. The van der Waals surface area contributed by atoms with Crippen molar-refractivity contribution < 1.29 is 12.8 Å². The summed E-state index contributed by atoms with van der Waals surface area (Å²) < 4.78 is 40.0. The molecule has 0 aromatic heterocycles. The molecule has 1 fully saturated rings. The van der Waals surface area contributed by atoms with E-state index in [2.05, 4.69) is 6.92 Å². The highest BCUT2D eigenvalue weighted by Gasteiger charge is 2.32. The number of sulfonamides is 1. The van der Waals surface area contributed by atoms with E-state index in [-0.39, 0.29) is 17.0 Å². The van der Waals surface area contributed by atoms with E-state index in [9.17, 15) is 12.8 Å². The average Bonchev–Trinajstić information content (AvgIpc) is 2.89. The molecular weight excluding hydrogens is 279 g/mol. The second kappa shape index (κ2) is 6.20. The third kappa shape index (κ3) is 3.02. The summed E-state index contributed by atoms with van der Waals surface area (Å²) in [5, 5.41) is 0. The Kier molecular flexibility index (Phi) is 4.78. The standard InChI is InChI=1S/C14H21FN2O2S/c1-2-3-11-6-7-17(10-11)20(18,19)13-4-5-14(15)12(8-13)9-16/h4-5,8,11H,2-3,6-7,9-10,16H2,1H3. The first kappa shape index (κ1) is 15.4. The third-order valence-electron chi connectivity index (χ3n) is 3.82. The molecular formula is C14H21FN2O2S. The maximum Gasteiger partial charge on any atom is 0.243 e. The van der Waals surface area contributed by atoms with E-state index in [1.165, 1.54) is 22.5 Å². The summed E-state index contributed by atoms with van der Waals surface area (Å²) in [4.78, 5) is 0.136. The van der Waals surface area contributed by atoms with Crippen molar-refractivity contribution in [1.29, 1.82) is 0 Å². The van der Waals surface area contributed by atoms with Crippen LogP contribution in [0.25, 0.3) is 0 Å². The smallest absolute Gasteiger partial charge is 0.243 e. The van der Waals surface area contributed by atoms with Crippen LogP contribution in [0.1, 0.15) is 31.7 Å². The normalized spacial score (nSPS) is 20.4. The molecule has 1 saturated heterocycles. The number of nitrogens with zero attached hydrogens (tertiary/aromatic N) is 1. The Bertz CT molecular complexity index is 575. The molecule has 1 aliphatic heterocycles. The molecule has 1 unspecified atom stereocenters. The second-order valence-electron chi connectivity index (χ2n) is 5.26. The molecule has 2 N–H and O–H groups in total. The van der Waals surface area contributed by atoms with Crippen LogP contribution in [0, 0.1) is 11.7 Å². The Balaban J connectivity index is 2.23. The lowest BCUT2D eigenvalue weighted by atomic mass is 10.0. The fourth-order valence-corrected chi connectivity index (χ4v) is 4.26. The Morgan fingerprint density at radius 1 is 1.45 bits per heavy atom. The lowest BCUT2D eigenvalue weighted by molar-refractivity contribution is 0.444. The van der Waals surface area contributed by atoms with Crippen molar-refractivity contribution in [3.63, 3.8) is 0 Å². The maximum atomic E-state index is 13.4. The molecule has 4 nitrogen and oxygen atoms in total. The fourth-order valence-electron chi connectivity index (χ4n) is 2.68. The van der Waals surface area contributed by atoms with E-state index in [1.807, 2.05) is 0 Å². The van der Waals surface area contributed by atoms with Gasteiger partial charge in [-0.3, -0.25) is 0 Å². The Hall–Kier alpha value is -0.980. The van der Waals surface area contributed by atoms with Gasteiger partial charge in [0.05, 0.1) is 4.90 Å². The molecule has 2 rings (SSSR count).